The quantitative estimate of drug-likeness (QED) is 0.880. The summed E-state index contributed by atoms with van der Waals surface area (Å²) in [6, 6.07) is 7.63. The maximum atomic E-state index is 12.1. The minimum Gasteiger partial charge on any atom is -0.381 e. The molecule has 0 atom stereocenters. The third-order valence-electron chi connectivity index (χ3n) is 3.43. The van der Waals surface area contributed by atoms with Crippen molar-refractivity contribution in [1.29, 1.82) is 0 Å². The van der Waals surface area contributed by atoms with Crippen LogP contribution in [0.25, 0.3) is 0 Å². The van der Waals surface area contributed by atoms with E-state index in [1.807, 2.05) is 24.3 Å². The van der Waals surface area contributed by atoms with E-state index < -0.39 is 5.54 Å². The zero-order valence-corrected chi connectivity index (χ0v) is 11.6. The Labute approximate surface area is 118 Å². The Hall–Kier alpha value is -1.10. The number of nitrogens with one attached hydrogen (secondary N) is 1. The first kappa shape index (κ1) is 14.3. The highest BCUT2D eigenvalue weighted by Gasteiger charge is 2.35. The number of hydrogen-bond donors (Lipinski definition) is 2. The molecule has 4 nitrogen and oxygen atoms in total. The standard InChI is InChI=1S/C14H19ClN2O2/c15-12-3-1-2-11(10-12)4-7-17-13(18)14(16)5-8-19-9-6-14/h1-3,10H,4-9,16H2,(H,17,18). The van der Waals surface area contributed by atoms with Crippen LogP contribution in [0.15, 0.2) is 24.3 Å². The Bertz CT molecular complexity index is 445. The van der Waals surface area contributed by atoms with Crippen LogP contribution >= 0.6 is 11.6 Å². The van der Waals surface area contributed by atoms with Crippen molar-refractivity contribution in [1.82, 2.24) is 5.32 Å². The summed E-state index contributed by atoms with van der Waals surface area (Å²) >= 11 is 5.91. The van der Waals surface area contributed by atoms with E-state index in [1.54, 1.807) is 0 Å². The molecule has 3 N–H and O–H groups in total. The van der Waals surface area contributed by atoms with Gasteiger partial charge in [-0.3, -0.25) is 4.79 Å². The van der Waals surface area contributed by atoms with E-state index in [4.69, 9.17) is 22.1 Å². The summed E-state index contributed by atoms with van der Waals surface area (Å²) in [6.45, 7) is 1.68. The SMILES string of the molecule is NC1(C(=O)NCCc2cccc(Cl)c2)CCOCC1. The van der Waals surface area contributed by atoms with Gasteiger partial charge >= 0.3 is 0 Å². The molecule has 0 aromatic heterocycles. The van der Waals surface area contributed by atoms with Crippen molar-refractivity contribution < 1.29 is 9.53 Å². The van der Waals surface area contributed by atoms with Crippen molar-refractivity contribution in [2.75, 3.05) is 19.8 Å². The molecule has 1 aliphatic heterocycles. The summed E-state index contributed by atoms with van der Waals surface area (Å²) in [5.41, 5.74) is 6.42. The molecule has 1 aromatic carbocycles. The Kier molecular flexibility index (Phi) is 4.80. The van der Waals surface area contributed by atoms with Crippen LogP contribution in [0.1, 0.15) is 18.4 Å². The van der Waals surface area contributed by atoms with Crippen LogP contribution in [-0.4, -0.2) is 31.2 Å². The number of hydrogen-bond acceptors (Lipinski definition) is 3. The first-order valence-corrected chi connectivity index (χ1v) is 6.87. The van der Waals surface area contributed by atoms with Crippen LogP contribution in [0, 0.1) is 0 Å². The van der Waals surface area contributed by atoms with E-state index in [-0.39, 0.29) is 5.91 Å². The summed E-state index contributed by atoms with van der Waals surface area (Å²) in [4.78, 5) is 12.1. The summed E-state index contributed by atoms with van der Waals surface area (Å²) in [7, 11) is 0. The fourth-order valence-electron chi connectivity index (χ4n) is 2.15. The Morgan fingerprint density at radius 3 is 2.84 bits per heavy atom. The molecule has 1 aromatic rings. The lowest BCUT2D eigenvalue weighted by Gasteiger charge is -2.31. The lowest BCUT2D eigenvalue weighted by Crippen LogP contribution is -2.57. The molecule has 0 radical (unpaired) electrons. The van der Waals surface area contributed by atoms with E-state index in [0.29, 0.717) is 37.6 Å². The van der Waals surface area contributed by atoms with Crippen LogP contribution in [0.3, 0.4) is 0 Å². The van der Waals surface area contributed by atoms with E-state index in [0.717, 1.165) is 12.0 Å². The number of halogens is 1. The van der Waals surface area contributed by atoms with Crippen molar-refractivity contribution in [3.63, 3.8) is 0 Å². The van der Waals surface area contributed by atoms with Crippen molar-refractivity contribution in [2.45, 2.75) is 24.8 Å². The number of carbonyl (C=O) groups excluding carboxylic acids is 1. The van der Waals surface area contributed by atoms with Gasteiger partial charge in [0.05, 0.1) is 5.54 Å². The van der Waals surface area contributed by atoms with Gasteiger partial charge in [0.2, 0.25) is 5.91 Å². The number of amides is 1. The maximum Gasteiger partial charge on any atom is 0.240 e. The fraction of sp³-hybridized carbons (Fsp3) is 0.500. The summed E-state index contributed by atoms with van der Waals surface area (Å²) in [5, 5.41) is 3.61. The third-order valence-corrected chi connectivity index (χ3v) is 3.66. The van der Waals surface area contributed by atoms with Gasteiger partial charge in [-0.05, 0) is 37.0 Å². The van der Waals surface area contributed by atoms with Gasteiger partial charge in [0, 0.05) is 24.8 Å². The zero-order valence-electron chi connectivity index (χ0n) is 10.8. The Morgan fingerprint density at radius 2 is 2.16 bits per heavy atom. The van der Waals surface area contributed by atoms with Crippen LogP contribution in [0.2, 0.25) is 5.02 Å². The second-order valence-corrected chi connectivity index (χ2v) is 5.34. The molecule has 2 rings (SSSR count). The number of nitrogens with two attached hydrogens (primary N) is 1. The molecular weight excluding hydrogens is 264 g/mol. The molecule has 1 amide bonds. The maximum absolute atomic E-state index is 12.1. The van der Waals surface area contributed by atoms with Gasteiger partial charge in [-0.25, -0.2) is 0 Å². The highest BCUT2D eigenvalue weighted by atomic mass is 35.5. The number of rotatable bonds is 4. The Morgan fingerprint density at radius 1 is 1.42 bits per heavy atom. The molecule has 5 heteroatoms. The Balaban J connectivity index is 1.80. The highest BCUT2D eigenvalue weighted by Crippen LogP contribution is 2.17. The van der Waals surface area contributed by atoms with Crippen LogP contribution < -0.4 is 11.1 Å². The van der Waals surface area contributed by atoms with E-state index in [9.17, 15) is 4.79 Å². The first-order valence-electron chi connectivity index (χ1n) is 6.49. The molecule has 0 aliphatic carbocycles. The molecular formula is C14H19ClN2O2. The van der Waals surface area contributed by atoms with Crippen LogP contribution in [0.4, 0.5) is 0 Å². The minimum atomic E-state index is -0.771. The first-order chi connectivity index (χ1) is 9.10. The molecule has 104 valence electrons. The average Bonchev–Trinajstić information content (AvgIpc) is 2.39. The minimum absolute atomic E-state index is 0.0853. The summed E-state index contributed by atoms with van der Waals surface area (Å²) < 4.78 is 5.23. The number of ether oxygens (including phenoxy) is 1. The van der Waals surface area contributed by atoms with Gasteiger partial charge in [0.1, 0.15) is 0 Å². The van der Waals surface area contributed by atoms with E-state index in [2.05, 4.69) is 5.32 Å². The van der Waals surface area contributed by atoms with Gasteiger partial charge in [-0.2, -0.15) is 0 Å². The monoisotopic (exact) mass is 282 g/mol. The summed E-state index contributed by atoms with van der Waals surface area (Å²) in [5.74, 6) is -0.0853. The predicted molar refractivity (Wildman–Crippen MR) is 75.1 cm³/mol. The van der Waals surface area contributed by atoms with E-state index in [1.165, 1.54) is 0 Å². The molecule has 0 bridgehead atoms. The summed E-state index contributed by atoms with van der Waals surface area (Å²) in [6.07, 6.45) is 1.91. The number of carbonyl (C=O) groups is 1. The lowest BCUT2D eigenvalue weighted by atomic mass is 9.90. The van der Waals surface area contributed by atoms with Crippen LogP contribution in [0.5, 0.6) is 0 Å². The molecule has 0 saturated carbocycles. The van der Waals surface area contributed by atoms with Crippen LogP contribution in [-0.2, 0) is 16.0 Å². The van der Waals surface area contributed by atoms with Gasteiger partial charge in [0.15, 0.2) is 0 Å². The fourth-order valence-corrected chi connectivity index (χ4v) is 2.36. The molecule has 1 saturated heterocycles. The zero-order chi connectivity index (χ0) is 13.7. The van der Waals surface area contributed by atoms with Crippen molar-refractivity contribution in [3.8, 4) is 0 Å². The predicted octanol–water partition coefficient (Wildman–Crippen LogP) is 1.51. The van der Waals surface area contributed by atoms with Crippen molar-refractivity contribution >= 4 is 17.5 Å². The largest absolute Gasteiger partial charge is 0.381 e. The molecule has 1 heterocycles. The molecule has 0 unspecified atom stereocenters. The van der Waals surface area contributed by atoms with E-state index >= 15 is 0 Å². The smallest absolute Gasteiger partial charge is 0.240 e. The average molecular weight is 283 g/mol. The molecule has 0 spiro atoms. The normalized spacial score (nSPS) is 18.0. The second-order valence-electron chi connectivity index (χ2n) is 4.90. The molecule has 1 fully saturated rings. The molecule has 19 heavy (non-hydrogen) atoms. The van der Waals surface area contributed by atoms with Gasteiger partial charge in [-0.15, -0.1) is 0 Å². The number of benzene rings is 1. The van der Waals surface area contributed by atoms with Gasteiger partial charge in [0.25, 0.3) is 0 Å². The second kappa shape index (κ2) is 6.37. The van der Waals surface area contributed by atoms with Crippen molar-refractivity contribution in [2.24, 2.45) is 5.73 Å². The highest BCUT2D eigenvalue weighted by molar-refractivity contribution is 6.30. The topological polar surface area (TPSA) is 64.4 Å². The molecule has 1 aliphatic rings. The lowest BCUT2D eigenvalue weighted by molar-refractivity contribution is -0.129. The van der Waals surface area contributed by atoms with Gasteiger partial charge in [-0.1, -0.05) is 23.7 Å². The van der Waals surface area contributed by atoms with Crippen molar-refractivity contribution in [3.05, 3.63) is 34.9 Å². The third kappa shape index (κ3) is 3.93. The van der Waals surface area contributed by atoms with Gasteiger partial charge < -0.3 is 15.8 Å².